The predicted molar refractivity (Wildman–Crippen MR) is 138 cm³/mol. The van der Waals surface area contributed by atoms with Crippen LogP contribution in [0.25, 0.3) is 11.0 Å². The van der Waals surface area contributed by atoms with Gasteiger partial charge in [-0.1, -0.05) is 31.2 Å². The topological polar surface area (TPSA) is 87.7 Å². The van der Waals surface area contributed by atoms with Crippen molar-refractivity contribution in [2.75, 3.05) is 26.7 Å². The van der Waals surface area contributed by atoms with E-state index < -0.39 is 5.54 Å². The second kappa shape index (κ2) is 10.2. The largest absolute Gasteiger partial charge is 0.497 e. The maximum absolute atomic E-state index is 13.6. The number of carbonyl (C=O) groups excluding carboxylic acids is 2. The molecule has 2 aliphatic rings. The lowest BCUT2D eigenvalue weighted by molar-refractivity contribution is -0.134. The van der Waals surface area contributed by atoms with Crippen LogP contribution in [-0.2, 0) is 17.8 Å². The molecule has 5 rings (SSSR count). The third kappa shape index (κ3) is 4.53. The van der Waals surface area contributed by atoms with Crippen molar-refractivity contribution in [3.05, 3.63) is 66.0 Å². The number of ether oxygens (including phenoxy) is 1. The fourth-order valence-corrected chi connectivity index (χ4v) is 5.69. The molecule has 3 heterocycles. The van der Waals surface area contributed by atoms with Crippen LogP contribution in [0.15, 0.2) is 54.9 Å². The molecule has 1 aromatic heterocycles. The van der Waals surface area contributed by atoms with Gasteiger partial charge in [-0.2, -0.15) is 0 Å². The molecule has 0 saturated carbocycles. The summed E-state index contributed by atoms with van der Waals surface area (Å²) in [5.74, 6) is 0.832. The number of rotatable bonds is 8. The summed E-state index contributed by atoms with van der Waals surface area (Å²) in [6.45, 7) is 4.93. The summed E-state index contributed by atoms with van der Waals surface area (Å²) in [6, 6.07) is 13.6. The predicted octanol–water partition coefficient (Wildman–Crippen LogP) is 3.79. The highest BCUT2D eigenvalue weighted by Gasteiger charge is 2.54. The lowest BCUT2D eigenvalue weighted by atomic mass is 9.75. The molecule has 8 heteroatoms. The van der Waals surface area contributed by atoms with Gasteiger partial charge in [0.1, 0.15) is 11.3 Å². The number of hydrogen-bond donors (Lipinski definition) is 1. The van der Waals surface area contributed by atoms with Gasteiger partial charge < -0.3 is 10.1 Å². The molecule has 1 atom stereocenters. The molecule has 0 unspecified atom stereocenters. The van der Waals surface area contributed by atoms with E-state index in [0.717, 1.165) is 54.8 Å². The molecule has 2 aromatic carbocycles. The first-order valence-electron chi connectivity index (χ1n) is 12.7. The summed E-state index contributed by atoms with van der Waals surface area (Å²) in [6.07, 6.45) is 6.40. The SMILES string of the molecule is CC[C@]1(C2CCN(Cc3cccc4nccnc34)CC2)NC(=O)N(CCc2ccc(OC)cc2)C1=O. The minimum Gasteiger partial charge on any atom is -0.497 e. The average molecular weight is 488 g/mol. The Balaban J connectivity index is 1.22. The molecular weight excluding hydrogens is 454 g/mol. The summed E-state index contributed by atoms with van der Waals surface area (Å²) in [5.41, 5.74) is 3.27. The molecule has 2 fully saturated rings. The Kier molecular flexibility index (Phi) is 6.87. The molecule has 3 aromatic rings. The smallest absolute Gasteiger partial charge is 0.325 e. The Labute approximate surface area is 211 Å². The number of aromatic nitrogens is 2. The van der Waals surface area contributed by atoms with Crippen molar-refractivity contribution in [3.63, 3.8) is 0 Å². The minimum absolute atomic E-state index is 0.0775. The first-order valence-corrected chi connectivity index (χ1v) is 12.7. The van der Waals surface area contributed by atoms with Crippen LogP contribution in [0.1, 0.15) is 37.3 Å². The first kappa shape index (κ1) is 24.2. The number of para-hydroxylation sites is 1. The van der Waals surface area contributed by atoms with Gasteiger partial charge in [-0.15, -0.1) is 0 Å². The van der Waals surface area contributed by atoms with Crippen molar-refractivity contribution in [1.82, 2.24) is 25.1 Å². The van der Waals surface area contributed by atoms with Crippen LogP contribution in [0.5, 0.6) is 5.75 Å². The molecule has 8 nitrogen and oxygen atoms in total. The van der Waals surface area contributed by atoms with E-state index in [4.69, 9.17) is 4.74 Å². The van der Waals surface area contributed by atoms with Crippen molar-refractivity contribution < 1.29 is 14.3 Å². The highest BCUT2D eigenvalue weighted by Crippen LogP contribution is 2.36. The number of fused-ring (bicyclic) bond motifs is 1. The van der Waals surface area contributed by atoms with Crippen molar-refractivity contribution in [2.24, 2.45) is 5.92 Å². The lowest BCUT2D eigenvalue weighted by Crippen LogP contribution is -2.55. The average Bonchev–Trinajstić information content (AvgIpc) is 3.17. The molecular formula is C28H33N5O3. The maximum Gasteiger partial charge on any atom is 0.325 e. The Morgan fingerprint density at radius 1 is 1.06 bits per heavy atom. The molecule has 3 amide bonds. The standard InChI is InChI=1S/C28H33N5O3/c1-3-28(26(34)33(27(35)31-28)18-11-20-7-9-23(36-2)10-8-20)22-12-16-32(17-13-22)19-21-5-4-6-24-25(21)30-15-14-29-24/h4-10,14-15,22H,3,11-13,16-19H2,1-2H3,(H,31,35)/t28-/m1/s1. The summed E-state index contributed by atoms with van der Waals surface area (Å²) >= 11 is 0. The van der Waals surface area contributed by atoms with Gasteiger partial charge >= 0.3 is 6.03 Å². The number of amides is 3. The second-order valence-electron chi connectivity index (χ2n) is 9.70. The number of piperidine rings is 1. The number of likely N-dealkylation sites (tertiary alicyclic amines) is 1. The molecule has 0 bridgehead atoms. The molecule has 36 heavy (non-hydrogen) atoms. The van der Waals surface area contributed by atoms with Crippen molar-refractivity contribution in [2.45, 2.75) is 44.7 Å². The summed E-state index contributed by atoms with van der Waals surface area (Å²) in [7, 11) is 1.63. The lowest BCUT2D eigenvalue weighted by Gasteiger charge is -2.40. The number of urea groups is 1. The van der Waals surface area contributed by atoms with Crippen LogP contribution >= 0.6 is 0 Å². The summed E-state index contributed by atoms with van der Waals surface area (Å²) in [4.78, 5) is 39.3. The van der Waals surface area contributed by atoms with Gasteiger partial charge in [0.05, 0.1) is 18.1 Å². The van der Waals surface area contributed by atoms with Gasteiger partial charge in [0.15, 0.2) is 0 Å². The van der Waals surface area contributed by atoms with Gasteiger partial charge in [0.25, 0.3) is 5.91 Å². The Morgan fingerprint density at radius 2 is 1.81 bits per heavy atom. The normalized spacial score (nSPS) is 21.2. The second-order valence-corrected chi connectivity index (χ2v) is 9.70. The minimum atomic E-state index is -0.812. The fourth-order valence-electron chi connectivity index (χ4n) is 5.69. The first-order chi connectivity index (χ1) is 17.5. The highest BCUT2D eigenvalue weighted by atomic mass is 16.5. The van der Waals surface area contributed by atoms with E-state index in [1.165, 1.54) is 10.5 Å². The van der Waals surface area contributed by atoms with Crippen LogP contribution < -0.4 is 10.1 Å². The van der Waals surface area contributed by atoms with Crippen LogP contribution in [-0.4, -0.2) is 64.0 Å². The molecule has 0 spiro atoms. The van der Waals surface area contributed by atoms with E-state index in [1.807, 2.05) is 43.3 Å². The number of nitrogens with zero attached hydrogens (tertiary/aromatic N) is 4. The fraction of sp³-hybridized carbons (Fsp3) is 0.429. The van der Waals surface area contributed by atoms with Crippen LogP contribution in [0.4, 0.5) is 4.79 Å². The van der Waals surface area contributed by atoms with E-state index >= 15 is 0 Å². The van der Waals surface area contributed by atoms with Gasteiger partial charge in [-0.3, -0.25) is 24.6 Å². The molecule has 2 aliphatic heterocycles. The number of carbonyl (C=O) groups is 2. The van der Waals surface area contributed by atoms with Gasteiger partial charge in [-0.05, 0) is 74.0 Å². The number of nitrogens with one attached hydrogen (secondary N) is 1. The number of methoxy groups -OCH3 is 1. The van der Waals surface area contributed by atoms with Gasteiger partial charge in [0, 0.05) is 25.5 Å². The monoisotopic (exact) mass is 487 g/mol. The summed E-state index contributed by atoms with van der Waals surface area (Å²) in [5, 5.41) is 3.11. The number of hydrogen-bond acceptors (Lipinski definition) is 6. The van der Waals surface area contributed by atoms with Crippen LogP contribution in [0.2, 0.25) is 0 Å². The van der Waals surface area contributed by atoms with Crippen molar-refractivity contribution in [3.8, 4) is 5.75 Å². The summed E-state index contributed by atoms with van der Waals surface area (Å²) < 4.78 is 5.21. The Bertz CT molecular complexity index is 1230. The maximum atomic E-state index is 13.6. The van der Waals surface area contributed by atoms with E-state index in [2.05, 4.69) is 26.3 Å². The van der Waals surface area contributed by atoms with Gasteiger partial charge in [0.2, 0.25) is 0 Å². The van der Waals surface area contributed by atoms with E-state index in [9.17, 15) is 9.59 Å². The zero-order chi connectivity index (χ0) is 25.1. The van der Waals surface area contributed by atoms with Crippen LogP contribution in [0.3, 0.4) is 0 Å². The van der Waals surface area contributed by atoms with Gasteiger partial charge in [-0.25, -0.2) is 4.79 Å². The highest BCUT2D eigenvalue weighted by molar-refractivity contribution is 6.07. The number of benzene rings is 2. The van der Waals surface area contributed by atoms with Crippen LogP contribution in [0, 0.1) is 5.92 Å². The molecule has 0 aliphatic carbocycles. The number of imide groups is 1. The molecule has 0 radical (unpaired) electrons. The molecule has 2 saturated heterocycles. The molecule has 188 valence electrons. The quantitative estimate of drug-likeness (QED) is 0.487. The van der Waals surface area contributed by atoms with E-state index in [0.29, 0.717) is 19.4 Å². The van der Waals surface area contributed by atoms with E-state index in [1.54, 1.807) is 19.5 Å². The zero-order valence-corrected chi connectivity index (χ0v) is 20.9. The Hall–Kier alpha value is -3.52. The Morgan fingerprint density at radius 3 is 2.53 bits per heavy atom. The zero-order valence-electron chi connectivity index (χ0n) is 20.9. The van der Waals surface area contributed by atoms with E-state index in [-0.39, 0.29) is 17.9 Å². The van der Waals surface area contributed by atoms with Crippen molar-refractivity contribution >= 4 is 23.0 Å². The van der Waals surface area contributed by atoms with Crippen molar-refractivity contribution in [1.29, 1.82) is 0 Å². The third-order valence-corrected chi connectivity index (χ3v) is 7.80. The molecule has 1 N–H and O–H groups in total. The third-order valence-electron chi connectivity index (χ3n) is 7.80.